The monoisotopic (exact) mass is 391 g/mol. The molecule has 0 atom stereocenters. The van der Waals surface area contributed by atoms with Gasteiger partial charge < -0.3 is 19.6 Å². The smallest absolute Gasteiger partial charge is 0.357 e. The van der Waals surface area contributed by atoms with E-state index in [-0.39, 0.29) is 18.1 Å². The summed E-state index contributed by atoms with van der Waals surface area (Å²) in [6.45, 7) is 2.03. The lowest BCUT2D eigenvalue weighted by Gasteiger charge is -2.04. The number of furan rings is 1. The maximum atomic E-state index is 12.6. The molecule has 0 saturated carbocycles. The first-order valence-corrected chi connectivity index (χ1v) is 8.81. The summed E-state index contributed by atoms with van der Waals surface area (Å²) in [5.74, 6) is -0.144. The first-order valence-electron chi connectivity index (χ1n) is 8.81. The van der Waals surface area contributed by atoms with E-state index in [1.807, 2.05) is 30.3 Å². The molecule has 0 saturated heterocycles. The Kier molecular flexibility index (Phi) is 4.74. The van der Waals surface area contributed by atoms with Crippen LogP contribution in [-0.2, 0) is 6.61 Å². The molecule has 0 fully saturated rings. The number of aromatic nitrogens is 2. The topological polar surface area (TPSA) is 117 Å². The van der Waals surface area contributed by atoms with Crippen molar-refractivity contribution < 1.29 is 23.8 Å². The maximum absolute atomic E-state index is 12.6. The van der Waals surface area contributed by atoms with Gasteiger partial charge in [-0.3, -0.25) is 9.89 Å². The molecule has 2 heterocycles. The SMILES string of the molecule is Cc1oc(C(=O)Nc2ccc3[nH]nc(C(=O)O)c3c2)cc1COc1ccccc1. The highest BCUT2D eigenvalue weighted by molar-refractivity contribution is 6.06. The number of hydrogen-bond donors (Lipinski definition) is 3. The number of ether oxygens (including phenoxy) is 1. The van der Waals surface area contributed by atoms with E-state index in [1.54, 1.807) is 31.2 Å². The van der Waals surface area contributed by atoms with Crippen LogP contribution in [0.1, 0.15) is 32.4 Å². The van der Waals surface area contributed by atoms with Crippen molar-refractivity contribution >= 4 is 28.5 Å². The fraction of sp³-hybridized carbons (Fsp3) is 0.0952. The number of rotatable bonds is 6. The van der Waals surface area contributed by atoms with Crippen LogP contribution in [-0.4, -0.2) is 27.2 Å². The van der Waals surface area contributed by atoms with Gasteiger partial charge in [-0.1, -0.05) is 18.2 Å². The molecule has 8 heteroatoms. The number of aryl methyl sites for hydroxylation is 1. The van der Waals surface area contributed by atoms with Gasteiger partial charge in [-0.15, -0.1) is 0 Å². The number of amides is 1. The number of fused-ring (bicyclic) bond motifs is 1. The van der Waals surface area contributed by atoms with E-state index < -0.39 is 11.9 Å². The number of benzene rings is 2. The van der Waals surface area contributed by atoms with E-state index in [0.29, 0.717) is 22.4 Å². The highest BCUT2D eigenvalue weighted by Crippen LogP contribution is 2.23. The highest BCUT2D eigenvalue weighted by Gasteiger charge is 2.17. The average molecular weight is 391 g/mol. The molecular weight excluding hydrogens is 374 g/mol. The third kappa shape index (κ3) is 3.81. The van der Waals surface area contributed by atoms with Crippen molar-refractivity contribution in [1.29, 1.82) is 0 Å². The summed E-state index contributed by atoms with van der Waals surface area (Å²) in [4.78, 5) is 23.8. The molecule has 0 unspecified atom stereocenters. The van der Waals surface area contributed by atoms with E-state index in [0.717, 1.165) is 11.3 Å². The summed E-state index contributed by atoms with van der Waals surface area (Å²) >= 11 is 0. The zero-order chi connectivity index (χ0) is 20.4. The molecule has 2 aromatic carbocycles. The van der Waals surface area contributed by atoms with Gasteiger partial charge in [-0.05, 0) is 43.3 Å². The number of nitrogens with one attached hydrogen (secondary N) is 2. The van der Waals surface area contributed by atoms with Gasteiger partial charge in [0.25, 0.3) is 5.91 Å². The fourth-order valence-corrected chi connectivity index (χ4v) is 2.90. The van der Waals surface area contributed by atoms with Gasteiger partial charge in [0, 0.05) is 16.6 Å². The predicted octanol–water partition coefficient (Wildman–Crippen LogP) is 3.99. The molecule has 2 aromatic heterocycles. The van der Waals surface area contributed by atoms with Gasteiger partial charge in [-0.25, -0.2) is 4.79 Å². The van der Waals surface area contributed by atoms with Crippen LogP contribution in [0.3, 0.4) is 0 Å². The molecule has 4 rings (SSSR count). The number of aromatic amines is 1. The predicted molar refractivity (Wildman–Crippen MR) is 105 cm³/mol. The Labute approximate surface area is 165 Å². The Morgan fingerprint density at radius 1 is 1.17 bits per heavy atom. The van der Waals surface area contributed by atoms with Gasteiger partial charge >= 0.3 is 5.97 Å². The molecule has 1 amide bonds. The third-order valence-corrected chi connectivity index (χ3v) is 4.41. The zero-order valence-corrected chi connectivity index (χ0v) is 15.4. The van der Waals surface area contributed by atoms with Gasteiger partial charge in [0.1, 0.15) is 18.1 Å². The molecule has 8 nitrogen and oxygen atoms in total. The number of hydrogen-bond acceptors (Lipinski definition) is 5. The van der Waals surface area contributed by atoms with Crippen molar-refractivity contribution in [2.45, 2.75) is 13.5 Å². The second kappa shape index (κ2) is 7.51. The summed E-state index contributed by atoms with van der Waals surface area (Å²) < 4.78 is 11.3. The Morgan fingerprint density at radius 3 is 2.72 bits per heavy atom. The number of carboxylic acids is 1. The Bertz CT molecular complexity index is 1190. The van der Waals surface area contributed by atoms with Crippen molar-refractivity contribution in [2.75, 3.05) is 5.32 Å². The Morgan fingerprint density at radius 2 is 1.97 bits per heavy atom. The number of aromatic carboxylic acids is 1. The minimum absolute atomic E-state index is 0.106. The summed E-state index contributed by atoms with van der Waals surface area (Å²) in [6.07, 6.45) is 0. The molecule has 0 radical (unpaired) electrons. The molecule has 29 heavy (non-hydrogen) atoms. The van der Waals surface area contributed by atoms with Crippen LogP contribution >= 0.6 is 0 Å². The lowest BCUT2D eigenvalue weighted by Crippen LogP contribution is -2.11. The number of carbonyl (C=O) groups is 2. The summed E-state index contributed by atoms with van der Waals surface area (Å²) in [6, 6.07) is 15.8. The van der Waals surface area contributed by atoms with E-state index in [1.165, 1.54) is 0 Å². The van der Waals surface area contributed by atoms with Gasteiger partial charge in [-0.2, -0.15) is 5.10 Å². The van der Waals surface area contributed by atoms with Crippen molar-refractivity contribution in [1.82, 2.24) is 10.2 Å². The van der Waals surface area contributed by atoms with Gasteiger partial charge in [0.05, 0.1) is 5.52 Å². The fourth-order valence-electron chi connectivity index (χ4n) is 2.90. The van der Waals surface area contributed by atoms with Crippen LogP contribution in [0.2, 0.25) is 0 Å². The molecule has 0 bridgehead atoms. The molecule has 4 aromatic rings. The normalized spacial score (nSPS) is 10.8. The van der Waals surface area contributed by atoms with Crippen LogP contribution in [0.4, 0.5) is 5.69 Å². The van der Waals surface area contributed by atoms with E-state index in [2.05, 4.69) is 15.5 Å². The van der Waals surface area contributed by atoms with Gasteiger partial charge in [0.2, 0.25) is 0 Å². The molecule has 3 N–H and O–H groups in total. The van der Waals surface area contributed by atoms with E-state index >= 15 is 0 Å². The van der Waals surface area contributed by atoms with Crippen molar-refractivity contribution in [3.05, 3.63) is 77.4 Å². The molecule has 0 aliphatic rings. The Balaban J connectivity index is 1.49. The summed E-state index contributed by atoms with van der Waals surface area (Å²) in [5, 5.41) is 18.7. The standard InChI is InChI=1S/C21H17N3O5/c1-12-13(11-28-15-5-3-2-4-6-15)9-18(29-12)20(25)22-14-7-8-17-16(10-14)19(21(26)27)24-23-17/h2-10H,11H2,1H3,(H,22,25)(H,23,24)(H,26,27). The van der Waals surface area contributed by atoms with E-state index in [4.69, 9.17) is 9.15 Å². The van der Waals surface area contributed by atoms with Crippen LogP contribution in [0.25, 0.3) is 10.9 Å². The molecule has 0 aliphatic heterocycles. The highest BCUT2D eigenvalue weighted by atomic mass is 16.5. The summed E-state index contributed by atoms with van der Waals surface area (Å²) in [7, 11) is 0. The van der Waals surface area contributed by atoms with Crippen LogP contribution in [0, 0.1) is 6.92 Å². The number of anilines is 1. The van der Waals surface area contributed by atoms with Crippen molar-refractivity contribution in [2.24, 2.45) is 0 Å². The summed E-state index contributed by atoms with van der Waals surface area (Å²) in [5.41, 5.74) is 1.65. The largest absolute Gasteiger partial charge is 0.489 e. The molecule has 0 spiro atoms. The van der Waals surface area contributed by atoms with Gasteiger partial charge in [0.15, 0.2) is 11.5 Å². The van der Waals surface area contributed by atoms with E-state index in [9.17, 15) is 14.7 Å². The maximum Gasteiger partial charge on any atom is 0.357 e. The first-order chi connectivity index (χ1) is 14.0. The van der Waals surface area contributed by atoms with Crippen LogP contribution in [0.15, 0.2) is 59.0 Å². The lowest BCUT2D eigenvalue weighted by atomic mass is 10.2. The molecular formula is C21H17N3O5. The van der Waals surface area contributed by atoms with Crippen molar-refractivity contribution in [3.63, 3.8) is 0 Å². The minimum Gasteiger partial charge on any atom is -0.489 e. The first kappa shape index (κ1) is 18.3. The number of carbonyl (C=O) groups excluding carboxylic acids is 1. The molecule has 0 aliphatic carbocycles. The number of carboxylic acid groups (broad SMARTS) is 1. The Hall–Kier alpha value is -4.07. The van der Waals surface area contributed by atoms with Crippen LogP contribution < -0.4 is 10.1 Å². The van der Waals surface area contributed by atoms with Crippen molar-refractivity contribution in [3.8, 4) is 5.75 Å². The average Bonchev–Trinajstić information content (AvgIpc) is 3.30. The second-order valence-corrected chi connectivity index (χ2v) is 6.39. The minimum atomic E-state index is -1.15. The van der Waals surface area contributed by atoms with Crippen LogP contribution in [0.5, 0.6) is 5.75 Å². The molecule has 146 valence electrons. The quantitative estimate of drug-likeness (QED) is 0.457. The number of nitrogens with zero attached hydrogens (tertiary/aromatic N) is 1. The zero-order valence-electron chi connectivity index (χ0n) is 15.4. The lowest BCUT2D eigenvalue weighted by molar-refractivity contribution is 0.0692. The second-order valence-electron chi connectivity index (χ2n) is 6.39. The number of para-hydroxylation sites is 1. The number of H-pyrrole nitrogens is 1. The third-order valence-electron chi connectivity index (χ3n) is 4.41.